The van der Waals surface area contributed by atoms with Crippen molar-refractivity contribution < 1.29 is 4.79 Å². The first-order valence-corrected chi connectivity index (χ1v) is 7.65. The first-order chi connectivity index (χ1) is 9.20. The van der Waals surface area contributed by atoms with Gasteiger partial charge in [0.15, 0.2) is 5.78 Å². The van der Waals surface area contributed by atoms with Crippen LogP contribution in [0.15, 0.2) is 45.6 Å². The van der Waals surface area contributed by atoms with Gasteiger partial charge in [-0.3, -0.25) is 4.79 Å². The van der Waals surface area contributed by atoms with Crippen LogP contribution in [0.2, 0.25) is 0 Å². The van der Waals surface area contributed by atoms with Crippen LogP contribution in [0.1, 0.15) is 34.7 Å². The summed E-state index contributed by atoms with van der Waals surface area (Å²) >= 11 is 4.88. The van der Waals surface area contributed by atoms with E-state index >= 15 is 0 Å². The van der Waals surface area contributed by atoms with E-state index in [9.17, 15) is 10.1 Å². The zero-order valence-electron chi connectivity index (χ0n) is 10.2. The standard InChI is InChI=1S/C15H12BrNOS/c16-14-4-1-11(2-5-14)12(9-17)3-6-15(18)13-7-8-19-10-13/h1-2,4-5,7-8,10,12H,3,6H2. The molecule has 0 saturated heterocycles. The molecule has 0 radical (unpaired) electrons. The van der Waals surface area contributed by atoms with Gasteiger partial charge in [0.2, 0.25) is 0 Å². The zero-order valence-corrected chi connectivity index (χ0v) is 12.6. The molecule has 0 saturated carbocycles. The summed E-state index contributed by atoms with van der Waals surface area (Å²) in [5.41, 5.74) is 1.71. The molecule has 4 heteroatoms. The molecule has 2 aromatic rings. The van der Waals surface area contributed by atoms with Gasteiger partial charge in [-0.2, -0.15) is 16.6 Å². The molecule has 1 atom stereocenters. The van der Waals surface area contributed by atoms with E-state index in [0.29, 0.717) is 12.8 Å². The molecule has 19 heavy (non-hydrogen) atoms. The second kappa shape index (κ2) is 6.65. The number of halogens is 1. The number of nitrogens with zero attached hydrogens (tertiary/aromatic N) is 1. The predicted octanol–water partition coefficient (Wildman–Crippen LogP) is 4.78. The van der Waals surface area contributed by atoms with Gasteiger partial charge in [0.1, 0.15) is 0 Å². The highest BCUT2D eigenvalue weighted by atomic mass is 79.9. The second-order valence-corrected chi connectivity index (χ2v) is 5.90. The first-order valence-electron chi connectivity index (χ1n) is 5.91. The van der Waals surface area contributed by atoms with Gasteiger partial charge in [-0.05, 0) is 35.6 Å². The minimum absolute atomic E-state index is 0.110. The smallest absolute Gasteiger partial charge is 0.163 e. The highest BCUT2D eigenvalue weighted by Gasteiger charge is 2.14. The van der Waals surface area contributed by atoms with E-state index in [-0.39, 0.29) is 11.7 Å². The van der Waals surface area contributed by atoms with Crippen molar-refractivity contribution in [1.29, 1.82) is 5.26 Å². The molecule has 1 heterocycles. The number of carbonyl (C=O) groups is 1. The van der Waals surface area contributed by atoms with E-state index in [1.807, 2.05) is 41.1 Å². The Labute approximate surface area is 124 Å². The topological polar surface area (TPSA) is 40.9 Å². The zero-order chi connectivity index (χ0) is 13.7. The summed E-state index contributed by atoms with van der Waals surface area (Å²) in [6, 6.07) is 11.8. The van der Waals surface area contributed by atoms with Gasteiger partial charge >= 0.3 is 0 Å². The van der Waals surface area contributed by atoms with E-state index in [1.165, 1.54) is 11.3 Å². The average molecular weight is 334 g/mol. The van der Waals surface area contributed by atoms with Crippen molar-refractivity contribution in [1.82, 2.24) is 0 Å². The molecule has 0 fully saturated rings. The van der Waals surface area contributed by atoms with Crippen LogP contribution < -0.4 is 0 Å². The molecule has 2 nitrogen and oxygen atoms in total. The highest BCUT2D eigenvalue weighted by Crippen LogP contribution is 2.23. The van der Waals surface area contributed by atoms with Crippen LogP contribution in [0, 0.1) is 11.3 Å². The molecular weight excluding hydrogens is 322 g/mol. The van der Waals surface area contributed by atoms with E-state index in [4.69, 9.17) is 0 Å². The summed E-state index contributed by atoms with van der Waals surface area (Å²) in [6.45, 7) is 0. The fraction of sp³-hybridized carbons (Fsp3) is 0.200. The van der Waals surface area contributed by atoms with Gasteiger partial charge < -0.3 is 0 Å². The number of rotatable bonds is 5. The molecule has 1 aromatic carbocycles. The Morgan fingerprint density at radius 2 is 2.05 bits per heavy atom. The second-order valence-electron chi connectivity index (χ2n) is 4.21. The normalized spacial score (nSPS) is 11.8. The SMILES string of the molecule is N#CC(CCC(=O)c1ccsc1)c1ccc(Br)cc1. The summed E-state index contributed by atoms with van der Waals surface area (Å²) < 4.78 is 0.988. The third kappa shape index (κ3) is 3.76. The molecule has 1 unspecified atom stereocenters. The number of carbonyl (C=O) groups excluding carboxylic acids is 1. The third-order valence-electron chi connectivity index (χ3n) is 2.93. The van der Waals surface area contributed by atoms with Crippen molar-refractivity contribution in [3.63, 3.8) is 0 Å². The van der Waals surface area contributed by atoms with Crippen molar-refractivity contribution in [2.24, 2.45) is 0 Å². The maximum atomic E-state index is 11.9. The minimum Gasteiger partial charge on any atom is -0.294 e. The highest BCUT2D eigenvalue weighted by molar-refractivity contribution is 9.10. The summed E-state index contributed by atoms with van der Waals surface area (Å²) in [4.78, 5) is 11.9. The van der Waals surface area contributed by atoms with Crippen LogP contribution in [0.4, 0.5) is 0 Å². The number of hydrogen-bond donors (Lipinski definition) is 0. The van der Waals surface area contributed by atoms with E-state index in [2.05, 4.69) is 22.0 Å². The van der Waals surface area contributed by atoms with Crippen LogP contribution in [-0.2, 0) is 0 Å². The van der Waals surface area contributed by atoms with E-state index in [0.717, 1.165) is 15.6 Å². The summed E-state index contributed by atoms with van der Waals surface area (Å²) in [5, 5.41) is 13.0. The maximum Gasteiger partial charge on any atom is 0.163 e. The third-order valence-corrected chi connectivity index (χ3v) is 4.14. The quantitative estimate of drug-likeness (QED) is 0.738. The molecule has 1 aromatic heterocycles. The van der Waals surface area contributed by atoms with Crippen LogP contribution >= 0.6 is 27.3 Å². The lowest BCUT2D eigenvalue weighted by molar-refractivity contribution is 0.0979. The van der Waals surface area contributed by atoms with E-state index < -0.39 is 0 Å². The Bertz CT molecular complexity index is 584. The summed E-state index contributed by atoms with van der Waals surface area (Å²) in [6.07, 6.45) is 0.970. The van der Waals surface area contributed by atoms with Crippen molar-refractivity contribution in [3.8, 4) is 6.07 Å². The Morgan fingerprint density at radius 1 is 1.32 bits per heavy atom. The number of hydrogen-bond acceptors (Lipinski definition) is 3. The fourth-order valence-electron chi connectivity index (χ4n) is 1.84. The van der Waals surface area contributed by atoms with Crippen molar-refractivity contribution in [2.75, 3.05) is 0 Å². The molecule has 0 N–H and O–H groups in total. The Hall–Kier alpha value is -1.44. The Balaban J connectivity index is 1.99. The van der Waals surface area contributed by atoms with Crippen LogP contribution in [0.3, 0.4) is 0 Å². The van der Waals surface area contributed by atoms with Crippen molar-refractivity contribution in [3.05, 3.63) is 56.7 Å². The number of thiophene rings is 1. The lowest BCUT2D eigenvalue weighted by Gasteiger charge is -2.08. The molecule has 0 aliphatic carbocycles. The molecule has 0 aliphatic rings. The minimum atomic E-state index is -0.226. The number of benzene rings is 1. The number of Topliss-reactive ketones (excluding diaryl/α,β-unsaturated/α-hetero) is 1. The predicted molar refractivity (Wildman–Crippen MR) is 80.4 cm³/mol. The Kier molecular flexibility index (Phi) is 4.89. The van der Waals surface area contributed by atoms with Crippen molar-refractivity contribution >= 4 is 33.0 Å². The lowest BCUT2D eigenvalue weighted by Crippen LogP contribution is -2.02. The fourth-order valence-corrected chi connectivity index (χ4v) is 2.77. The Morgan fingerprint density at radius 3 is 2.63 bits per heavy atom. The maximum absolute atomic E-state index is 11.9. The van der Waals surface area contributed by atoms with Crippen LogP contribution in [0.25, 0.3) is 0 Å². The van der Waals surface area contributed by atoms with E-state index in [1.54, 1.807) is 0 Å². The molecule has 96 valence electrons. The van der Waals surface area contributed by atoms with Gasteiger partial charge in [-0.1, -0.05) is 28.1 Å². The molecule has 0 amide bonds. The lowest BCUT2D eigenvalue weighted by atomic mass is 9.94. The summed E-state index contributed by atoms with van der Waals surface area (Å²) in [5.74, 6) is -0.116. The molecule has 0 aliphatic heterocycles. The monoisotopic (exact) mass is 333 g/mol. The molecule has 2 rings (SSSR count). The van der Waals surface area contributed by atoms with Gasteiger partial charge in [0.05, 0.1) is 12.0 Å². The van der Waals surface area contributed by atoms with Crippen LogP contribution in [0.5, 0.6) is 0 Å². The molecular formula is C15H12BrNOS. The largest absolute Gasteiger partial charge is 0.294 e. The summed E-state index contributed by atoms with van der Waals surface area (Å²) in [7, 11) is 0. The van der Waals surface area contributed by atoms with Crippen LogP contribution in [-0.4, -0.2) is 5.78 Å². The van der Waals surface area contributed by atoms with Gasteiger partial charge in [-0.15, -0.1) is 0 Å². The molecule has 0 spiro atoms. The van der Waals surface area contributed by atoms with Crippen molar-refractivity contribution in [2.45, 2.75) is 18.8 Å². The van der Waals surface area contributed by atoms with Gasteiger partial charge in [0, 0.05) is 21.8 Å². The number of nitriles is 1. The number of ketones is 1. The van der Waals surface area contributed by atoms with Gasteiger partial charge in [0.25, 0.3) is 0 Å². The molecule has 0 bridgehead atoms. The first kappa shape index (κ1) is 14.0. The average Bonchev–Trinajstić information content (AvgIpc) is 2.95. The van der Waals surface area contributed by atoms with Gasteiger partial charge in [-0.25, -0.2) is 0 Å².